The minimum atomic E-state index is -4.26. The number of nitrogen functional groups attached to an aromatic ring is 1. The molecule has 0 spiro atoms. The Balaban J connectivity index is 0.00000267. The molecule has 3 aromatic heterocycles. The Bertz CT molecular complexity index is 1420. The van der Waals surface area contributed by atoms with Gasteiger partial charge in [0.2, 0.25) is 5.88 Å². The number of nitrogens with two attached hydrogens (primary N) is 1. The molecule has 12 heteroatoms. The number of sulfonamides is 1. The molecule has 37 heavy (non-hydrogen) atoms. The highest BCUT2D eigenvalue weighted by Gasteiger charge is 2.39. The van der Waals surface area contributed by atoms with E-state index in [0.717, 1.165) is 6.42 Å². The van der Waals surface area contributed by atoms with Crippen molar-refractivity contribution in [2.75, 3.05) is 23.8 Å². The van der Waals surface area contributed by atoms with E-state index in [1.807, 2.05) is 4.90 Å². The number of rotatable bonds is 8. The maximum atomic E-state index is 13.4. The van der Waals surface area contributed by atoms with Gasteiger partial charge in [-0.2, -0.15) is 0 Å². The molecule has 1 saturated heterocycles. The summed E-state index contributed by atoms with van der Waals surface area (Å²) in [6.07, 6.45) is 4.00. The van der Waals surface area contributed by atoms with E-state index in [-0.39, 0.29) is 26.1 Å². The molecular formula is C25H39N7O4S. The molecule has 0 bridgehead atoms. The summed E-state index contributed by atoms with van der Waals surface area (Å²) in [4.78, 5) is 23.7. The molecule has 4 heterocycles. The van der Waals surface area contributed by atoms with Crippen molar-refractivity contribution in [3.8, 4) is 11.7 Å². The van der Waals surface area contributed by atoms with E-state index < -0.39 is 15.9 Å². The fraction of sp³-hybridized carbons (Fsp3) is 0.440. The summed E-state index contributed by atoms with van der Waals surface area (Å²) < 4.78 is 35.3. The van der Waals surface area contributed by atoms with E-state index in [1.165, 1.54) is 18.3 Å². The van der Waals surface area contributed by atoms with Gasteiger partial charge in [-0.15, -0.1) is 5.10 Å². The lowest BCUT2D eigenvalue weighted by molar-refractivity contribution is 0.0981. The van der Waals surface area contributed by atoms with Crippen LogP contribution < -0.4 is 20.1 Å². The summed E-state index contributed by atoms with van der Waals surface area (Å²) in [5, 5.41) is 4.45. The van der Waals surface area contributed by atoms with Crippen molar-refractivity contribution in [3.63, 3.8) is 0 Å². The average Bonchev–Trinajstić information content (AvgIpc) is 3.40. The van der Waals surface area contributed by atoms with Crippen LogP contribution in [0.2, 0.25) is 0 Å². The van der Waals surface area contributed by atoms with Crippen LogP contribution in [0.4, 0.5) is 11.6 Å². The van der Waals surface area contributed by atoms with Gasteiger partial charge < -0.3 is 15.4 Å². The average molecular weight is 534 g/mol. The molecule has 1 aliphatic heterocycles. The summed E-state index contributed by atoms with van der Waals surface area (Å²) in [5.74, 6) is 1.02. The molecule has 1 amide bonds. The third kappa shape index (κ3) is 5.68. The first-order valence-corrected chi connectivity index (χ1v) is 13.6. The normalized spacial score (nSPS) is 17.2. The lowest BCUT2D eigenvalue weighted by Gasteiger charge is -2.34. The van der Waals surface area contributed by atoms with Gasteiger partial charge in [0.25, 0.3) is 15.9 Å². The van der Waals surface area contributed by atoms with Crippen molar-refractivity contribution in [3.05, 3.63) is 48.3 Å². The zero-order chi connectivity index (χ0) is 27.0. The van der Waals surface area contributed by atoms with Gasteiger partial charge in [0.15, 0.2) is 5.82 Å². The van der Waals surface area contributed by atoms with Gasteiger partial charge in [0.05, 0.1) is 12.2 Å². The third-order valence-electron chi connectivity index (χ3n) is 6.11. The van der Waals surface area contributed by atoms with Crippen molar-refractivity contribution in [2.45, 2.75) is 51.5 Å². The van der Waals surface area contributed by atoms with Crippen LogP contribution in [0.5, 0.6) is 5.88 Å². The maximum Gasteiger partial charge on any atom is 0.268 e. The van der Waals surface area contributed by atoms with E-state index in [9.17, 15) is 13.2 Å². The largest absolute Gasteiger partial charge is 0.476 e. The number of hydrogen-bond acceptors (Lipinski definition) is 9. The molecule has 11 nitrogen and oxygen atoms in total. The number of carbonyl (C=O) groups is 1. The lowest BCUT2D eigenvalue weighted by Crippen LogP contribution is -2.41. The number of hydrogen-bond donors (Lipinski definition) is 2. The number of pyridine rings is 2. The molecule has 204 valence electrons. The summed E-state index contributed by atoms with van der Waals surface area (Å²) in [7, 11) is -4.26. The van der Waals surface area contributed by atoms with Gasteiger partial charge in [-0.1, -0.05) is 20.8 Å². The van der Waals surface area contributed by atoms with Gasteiger partial charge >= 0.3 is 0 Å². The number of nitrogens with one attached hydrogen (secondary N) is 1. The molecule has 3 aromatic rings. The smallest absolute Gasteiger partial charge is 0.268 e. The van der Waals surface area contributed by atoms with E-state index in [0.29, 0.717) is 42.5 Å². The van der Waals surface area contributed by atoms with Crippen LogP contribution in [-0.2, 0) is 10.0 Å². The first-order valence-electron chi connectivity index (χ1n) is 12.1. The number of carbonyl (C=O) groups excluding carboxylic acids is 1. The number of nitrogens with zero attached hydrogens (tertiary/aromatic N) is 5. The third-order valence-corrected chi connectivity index (χ3v) is 7.49. The Kier molecular flexibility index (Phi) is 7.13. The molecule has 0 aromatic carbocycles. The minimum Gasteiger partial charge on any atom is -0.476 e. The van der Waals surface area contributed by atoms with Crippen molar-refractivity contribution in [2.24, 2.45) is 11.8 Å². The standard InChI is InChI=1S/C25H33N7O4S.3H2/c1-16(2)15-36-21-10-12-32(29-21)20-9-8-18(23(28-20)31-14-17(3)13-25(31,4)5)24(33)30-37(34,35)19-7-6-11-27-22(19)26;;;/h6-12,16-17H,13-15H2,1-5H3,(H2,26,27)(H,30,33);3*1H/t17-;;;/m0.../s1. The van der Waals surface area contributed by atoms with Crippen LogP contribution >= 0.6 is 0 Å². The summed E-state index contributed by atoms with van der Waals surface area (Å²) in [5.41, 5.74) is 5.57. The van der Waals surface area contributed by atoms with Crippen LogP contribution in [0.3, 0.4) is 0 Å². The second-order valence-electron chi connectivity index (χ2n) is 10.4. The zero-order valence-electron chi connectivity index (χ0n) is 21.7. The van der Waals surface area contributed by atoms with Gasteiger partial charge in [-0.25, -0.2) is 27.8 Å². The monoisotopic (exact) mass is 533 g/mol. The number of anilines is 2. The van der Waals surface area contributed by atoms with Crippen LogP contribution in [0.1, 0.15) is 55.7 Å². The van der Waals surface area contributed by atoms with Crippen LogP contribution in [0, 0.1) is 11.8 Å². The van der Waals surface area contributed by atoms with Crippen molar-refractivity contribution in [1.82, 2.24) is 24.5 Å². The number of aromatic nitrogens is 4. The second kappa shape index (κ2) is 10.0. The molecule has 0 saturated carbocycles. The van der Waals surface area contributed by atoms with E-state index in [4.69, 9.17) is 15.5 Å². The SMILES string of the molecule is CC(C)COc1ccn(-c2ccc(C(=O)NS(=O)(=O)c3cccnc3N)c(N3C[C@@H](C)CC3(C)C)n2)n1.[HH].[HH].[HH]. The molecule has 0 aliphatic carbocycles. The summed E-state index contributed by atoms with van der Waals surface area (Å²) in [6.45, 7) is 11.6. The molecular weight excluding hydrogens is 494 g/mol. The Labute approximate surface area is 221 Å². The molecule has 4 rings (SSSR count). The minimum absolute atomic E-state index is 0. The Morgan fingerprint density at radius 2 is 2.05 bits per heavy atom. The van der Waals surface area contributed by atoms with E-state index in [1.54, 1.807) is 29.1 Å². The summed E-state index contributed by atoms with van der Waals surface area (Å²) in [6, 6.07) is 7.66. The first-order chi connectivity index (χ1) is 17.4. The van der Waals surface area contributed by atoms with Gasteiger partial charge in [0.1, 0.15) is 16.5 Å². The topological polar surface area (TPSA) is 145 Å². The predicted molar refractivity (Wildman–Crippen MR) is 147 cm³/mol. The molecule has 0 unspecified atom stereocenters. The molecule has 1 aliphatic rings. The van der Waals surface area contributed by atoms with Crippen LogP contribution in [0.25, 0.3) is 5.82 Å². The van der Waals surface area contributed by atoms with Crippen LogP contribution in [0.15, 0.2) is 47.6 Å². The highest BCUT2D eigenvalue weighted by molar-refractivity contribution is 7.90. The Morgan fingerprint density at radius 1 is 1.30 bits per heavy atom. The van der Waals surface area contributed by atoms with Crippen molar-refractivity contribution < 1.29 is 22.2 Å². The van der Waals surface area contributed by atoms with Gasteiger partial charge in [-0.3, -0.25) is 4.79 Å². The number of ether oxygens (including phenoxy) is 1. The predicted octanol–water partition coefficient (Wildman–Crippen LogP) is 3.76. The van der Waals surface area contributed by atoms with Crippen LogP contribution in [-0.4, -0.2) is 52.8 Å². The highest BCUT2D eigenvalue weighted by Crippen LogP contribution is 2.37. The Morgan fingerprint density at radius 3 is 2.70 bits per heavy atom. The van der Waals surface area contributed by atoms with Gasteiger partial charge in [0, 0.05) is 34.8 Å². The molecule has 1 fully saturated rings. The number of amides is 1. The molecule has 3 N–H and O–H groups in total. The fourth-order valence-electron chi connectivity index (χ4n) is 4.53. The van der Waals surface area contributed by atoms with Crippen molar-refractivity contribution in [1.29, 1.82) is 0 Å². The van der Waals surface area contributed by atoms with E-state index in [2.05, 4.69) is 49.4 Å². The second-order valence-corrected chi connectivity index (χ2v) is 12.0. The maximum absolute atomic E-state index is 13.4. The molecule has 1 atom stereocenters. The van der Waals surface area contributed by atoms with Gasteiger partial charge in [-0.05, 0) is 56.4 Å². The lowest BCUT2D eigenvalue weighted by atomic mass is 9.97. The zero-order valence-corrected chi connectivity index (χ0v) is 22.5. The Hall–Kier alpha value is -3.67. The highest BCUT2D eigenvalue weighted by atomic mass is 32.2. The molecule has 0 radical (unpaired) electrons. The van der Waals surface area contributed by atoms with Crippen molar-refractivity contribution >= 4 is 27.6 Å². The summed E-state index contributed by atoms with van der Waals surface area (Å²) >= 11 is 0. The fourth-order valence-corrected chi connectivity index (χ4v) is 5.58. The van der Waals surface area contributed by atoms with E-state index >= 15 is 0 Å². The quantitative estimate of drug-likeness (QED) is 0.442. The first kappa shape index (κ1) is 26.4.